The van der Waals surface area contributed by atoms with Crippen molar-refractivity contribution in [3.63, 3.8) is 0 Å². The van der Waals surface area contributed by atoms with Crippen molar-refractivity contribution in [2.75, 3.05) is 5.73 Å². The number of rotatable bonds is 4. The molecule has 0 amide bonds. The van der Waals surface area contributed by atoms with E-state index in [2.05, 4.69) is 57.8 Å². The predicted molar refractivity (Wildman–Crippen MR) is 115 cm³/mol. The predicted octanol–water partition coefficient (Wildman–Crippen LogP) is 1.71. The molecule has 5 heterocycles. The molecule has 0 spiro atoms. The van der Waals surface area contributed by atoms with Gasteiger partial charge in [-0.25, -0.2) is 0 Å². The third-order valence-electron chi connectivity index (χ3n) is 5.09. The molecule has 0 aromatic carbocycles. The minimum Gasteiger partial charge on any atom is -0.442 e. The third-order valence-corrected chi connectivity index (χ3v) is 9.09. The van der Waals surface area contributed by atoms with Crippen molar-refractivity contribution >= 4 is 24.1 Å². The molecule has 30 heavy (non-hydrogen) atoms. The topological polar surface area (TPSA) is 74.5 Å². The first-order chi connectivity index (χ1) is 14.2. The van der Waals surface area contributed by atoms with Crippen LogP contribution in [0.4, 0.5) is 5.69 Å². The SMILES string of the molecule is Cc1cn(-c2cnccn2)[c-]c1[Si]1(c2[c-]n(-c3ccccn3)cc2N)C=CC=C1.[Pt+2]. The van der Waals surface area contributed by atoms with Gasteiger partial charge in [0.1, 0.15) is 8.07 Å². The number of pyridine rings is 1. The number of nitrogens with zero attached hydrogens (tertiary/aromatic N) is 5. The first kappa shape index (κ1) is 20.3. The molecule has 0 saturated heterocycles. The van der Waals surface area contributed by atoms with Crippen molar-refractivity contribution in [2.24, 2.45) is 0 Å². The van der Waals surface area contributed by atoms with Crippen molar-refractivity contribution in [1.29, 1.82) is 0 Å². The normalized spacial score (nSPS) is 14.0. The molecule has 0 bridgehead atoms. The molecule has 0 atom stereocenters. The fraction of sp³-hybridized carbons (Fsp3) is 0.0455. The van der Waals surface area contributed by atoms with Gasteiger partial charge in [0.05, 0.1) is 11.6 Å². The van der Waals surface area contributed by atoms with Crippen LogP contribution in [0.1, 0.15) is 5.56 Å². The van der Waals surface area contributed by atoms with Crippen LogP contribution >= 0.6 is 0 Å². The Hall–Kier alpha value is -3.02. The van der Waals surface area contributed by atoms with E-state index in [4.69, 9.17) is 5.73 Å². The van der Waals surface area contributed by atoms with Crippen molar-refractivity contribution in [3.05, 3.63) is 96.9 Å². The molecule has 0 aliphatic carbocycles. The van der Waals surface area contributed by atoms with Gasteiger partial charge in [-0.1, -0.05) is 72.1 Å². The van der Waals surface area contributed by atoms with E-state index >= 15 is 0 Å². The second kappa shape index (κ2) is 8.01. The van der Waals surface area contributed by atoms with Crippen LogP contribution in [0.25, 0.3) is 11.6 Å². The first-order valence-electron chi connectivity index (χ1n) is 9.24. The van der Waals surface area contributed by atoms with Gasteiger partial charge in [0.25, 0.3) is 0 Å². The Balaban J connectivity index is 0.00000218. The van der Waals surface area contributed by atoms with Crippen molar-refractivity contribution in [2.45, 2.75) is 6.92 Å². The summed E-state index contributed by atoms with van der Waals surface area (Å²) in [6.07, 6.45) is 22.0. The average molecular weight is 590 g/mol. The number of aromatic nitrogens is 5. The van der Waals surface area contributed by atoms with E-state index < -0.39 is 8.07 Å². The summed E-state index contributed by atoms with van der Waals surface area (Å²) in [7, 11) is -2.41. The number of allylic oxidation sites excluding steroid dienone is 2. The van der Waals surface area contributed by atoms with Crippen LogP contribution in [-0.4, -0.2) is 32.2 Å². The minimum atomic E-state index is -2.41. The Labute approximate surface area is 190 Å². The molecule has 0 fully saturated rings. The van der Waals surface area contributed by atoms with Gasteiger partial charge >= 0.3 is 21.1 Å². The maximum atomic E-state index is 6.49. The van der Waals surface area contributed by atoms with Crippen LogP contribution in [0.5, 0.6) is 0 Å². The van der Waals surface area contributed by atoms with Gasteiger partial charge in [0.15, 0.2) is 0 Å². The number of hydrogen-bond donors (Lipinski definition) is 1. The summed E-state index contributed by atoms with van der Waals surface area (Å²) in [5, 5.41) is 2.14. The Morgan fingerprint density at radius 3 is 2.33 bits per heavy atom. The Morgan fingerprint density at radius 1 is 0.900 bits per heavy atom. The van der Waals surface area contributed by atoms with E-state index in [1.807, 2.05) is 39.7 Å². The third kappa shape index (κ3) is 3.30. The Kier molecular flexibility index (Phi) is 5.41. The molecule has 150 valence electrons. The molecule has 0 saturated carbocycles. The molecular weight excluding hydrogens is 571 g/mol. The molecule has 0 unspecified atom stereocenters. The van der Waals surface area contributed by atoms with E-state index in [-0.39, 0.29) is 21.1 Å². The van der Waals surface area contributed by atoms with Crippen LogP contribution in [0, 0.1) is 19.3 Å². The maximum Gasteiger partial charge on any atom is 2.00 e. The number of anilines is 1. The van der Waals surface area contributed by atoms with E-state index in [1.165, 1.54) is 0 Å². The molecule has 1 aliphatic rings. The van der Waals surface area contributed by atoms with Crippen LogP contribution in [0.2, 0.25) is 0 Å². The molecule has 6 nitrogen and oxygen atoms in total. The average Bonchev–Trinajstić information content (AvgIpc) is 3.48. The fourth-order valence-electron chi connectivity index (χ4n) is 3.76. The Bertz CT molecular complexity index is 1130. The number of nitrogens with two attached hydrogens (primary N) is 1. The zero-order chi connectivity index (χ0) is 19.8. The first-order valence-corrected chi connectivity index (χ1v) is 11.4. The number of nitrogen functional groups attached to an aromatic ring is 1. The summed E-state index contributed by atoms with van der Waals surface area (Å²) in [4.78, 5) is 13.0. The van der Waals surface area contributed by atoms with Gasteiger partial charge in [-0.2, -0.15) is 0 Å². The van der Waals surface area contributed by atoms with Crippen LogP contribution < -0.4 is 16.1 Å². The summed E-state index contributed by atoms with van der Waals surface area (Å²) < 4.78 is 3.77. The largest absolute Gasteiger partial charge is 2.00 e. The van der Waals surface area contributed by atoms with Crippen LogP contribution in [0.15, 0.2) is 78.9 Å². The molecule has 4 aromatic heterocycles. The summed E-state index contributed by atoms with van der Waals surface area (Å²) in [6.45, 7) is 2.10. The summed E-state index contributed by atoms with van der Waals surface area (Å²) >= 11 is 0. The molecule has 2 N–H and O–H groups in total. The summed E-state index contributed by atoms with van der Waals surface area (Å²) in [5.74, 6) is 1.53. The quantitative estimate of drug-likeness (QED) is 0.291. The maximum absolute atomic E-state index is 6.49. The molecule has 8 heteroatoms. The number of aryl methyl sites for hydroxylation is 1. The zero-order valence-corrected chi connectivity index (χ0v) is 19.4. The van der Waals surface area contributed by atoms with Gasteiger partial charge in [0, 0.05) is 24.8 Å². The van der Waals surface area contributed by atoms with Crippen molar-refractivity contribution in [1.82, 2.24) is 24.1 Å². The van der Waals surface area contributed by atoms with E-state index in [0.717, 1.165) is 27.6 Å². The Morgan fingerprint density at radius 2 is 1.63 bits per heavy atom. The standard InChI is InChI=1S/C22H18N6Si.Pt/c1-17-13-27(22-12-24-8-9-26-22)15-19(17)29(10-4-5-11-29)20-16-28(14-18(20)23)21-6-2-3-7-25-21;/h2-14H,23H2,1H3;/q-2;+2. The van der Waals surface area contributed by atoms with Gasteiger partial charge in [-0.3, -0.25) is 15.0 Å². The molecular formula is C22H18N6PtSi. The fourth-order valence-corrected chi connectivity index (χ4v) is 7.48. The summed E-state index contributed by atoms with van der Waals surface area (Å²) in [5.41, 5.74) is 12.9. The smallest absolute Gasteiger partial charge is 0.442 e. The van der Waals surface area contributed by atoms with Gasteiger partial charge in [-0.15, -0.1) is 16.9 Å². The second-order valence-electron chi connectivity index (χ2n) is 6.95. The summed E-state index contributed by atoms with van der Waals surface area (Å²) in [6, 6.07) is 5.78. The zero-order valence-electron chi connectivity index (χ0n) is 16.1. The number of hydrogen-bond acceptors (Lipinski definition) is 4. The second-order valence-corrected chi connectivity index (χ2v) is 10.4. The van der Waals surface area contributed by atoms with Gasteiger partial charge in [-0.05, 0) is 6.07 Å². The molecule has 5 rings (SSSR count). The van der Waals surface area contributed by atoms with E-state index in [1.54, 1.807) is 24.8 Å². The van der Waals surface area contributed by atoms with Gasteiger partial charge < -0.3 is 14.9 Å². The van der Waals surface area contributed by atoms with Crippen LogP contribution in [0.3, 0.4) is 0 Å². The molecule has 1 aliphatic heterocycles. The van der Waals surface area contributed by atoms with Crippen LogP contribution in [-0.2, 0) is 21.1 Å². The molecule has 0 radical (unpaired) electrons. The molecule has 4 aromatic rings. The monoisotopic (exact) mass is 589 g/mol. The van der Waals surface area contributed by atoms with Crippen molar-refractivity contribution in [3.8, 4) is 11.6 Å². The van der Waals surface area contributed by atoms with E-state index in [0.29, 0.717) is 5.69 Å². The van der Waals surface area contributed by atoms with Gasteiger partial charge in [0.2, 0.25) is 0 Å². The minimum absolute atomic E-state index is 0. The van der Waals surface area contributed by atoms with E-state index in [9.17, 15) is 0 Å². The van der Waals surface area contributed by atoms with Crippen molar-refractivity contribution < 1.29 is 21.1 Å².